The average molecular weight is 399 g/mol. The number of aliphatic hydroxyl groups is 1. The van der Waals surface area contributed by atoms with Crippen molar-refractivity contribution in [2.45, 2.75) is 39.0 Å². The van der Waals surface area contributed by atoms with Gasteiger partial charge in [0.25, 0.3) is 0 Å². The van der Waals surface area contributed by atoms with Gasteiger partial charge in [0.15, 0.2) is 0 Å². The molecule has 5 heteroatoms. The van der Waals surface area contributed by atoms with Crippen LogP contribution in [-0.4, -0.2) is 35.3 Å². The fourth-order valence-electron chi connectivity index (χ4n) is 4.35. The smallest absolute Gasteiger partial charge is 0.121 e. The van der Waals surface area contributed by atoms with Crippen molar-refractivity contribution in [3.8, 4) is 5.75 Å². The molecule has 28 heavy (non-hydrogen) atoms. The van der Waals surface area contributed by atoms with Crippen molar-refractivity contribution in [2.75, 3.05) is 20.7 Å². The summed E-state index contributed by atoms with van der Waals surface area (Å²) in [4.78, 5) is 2.33. The van der Waals surface area contributed by atoms with Crippen molar-refractivity contribution in [1.82, 2.24) is 9.47 Å². The van der Waals surface area contributed by atoms with Crippen LogP contribution < -0.4 is 4.74 Å². The highest BCUT2D eigenvalue weighted by Gasteiger charge is 2.29. The lowest BCUT2D eigenvalue weighted by Gasteiger charge is -2.29. The van der Waals surface area contributed by atoms with Crippen LogP contribution in [0.3, 0.4) is 0 Å². The first-order valence-electron chi connectivity index (χ1n) is 9.65. The topological polar surface area (TPSA) is 37.6 Å². The molecule has 0 saturated heterocycles. The molecule has 0 amide bonds. The molecule has 0 bridgehead atoms. The number of nitrogens with zero attached hydrogens (tertiary/aromatic N) is 2. The number of hydrogen-bond donors (Lipinski definition) is 1. The van der Waals surface area contributed by atoms with Gasteiger partial charge >= 0.3 is 0 Å². The minimum atomic E-state index is -1.00. The first kappa shape index (κ1) is 19.3. The second-order valence-electron chi connectivity index (χ2n) is 8.12. The predicted octanol–water partition coefficient (Wildman–Crippen LogP) is 4.51. The molecule has 1 unspecified atom stereocenters. The molecule has 0 aliphatic carbocycles. The maximum Gasteiger partial charge on any atom is 0.121 e. The molecule has 4 nitrogen and oxygen atoms in total. The lowest BCUT2D eigenvalue weighted by atomic mass is 9.94. The van der Waals surface area contributed by atoms with Crippen LogP contribution in [-0.2, 0) is 25.1 Å². The molecule has 1 aromatic heterocycles. The molecule has 2 aromatic carbocycles. The third-order valence-electron chi connectivity index (χ3n) is 5.89. The summed E-state index contributed by atoms with van der Waals surface area (Å²) in [5.74, 6) is 0.834. The van der Waals surface area contributed by atoms with E-state index in [4.69, 9.17) is 16.3 Å². The third-order valence-corrected chi connectivity index (χ3v) is 6.12. The van der Waals surface area contributed by atoms with Crippen molar-refractivity contribution in [3.63, 3.8) is 0 Å². The Morgan fingerprint density at radius 2 is 2.00 bits per heavy atom. The zero-order valence-electron chi connectivity index (χ0n) is 16.9. The Balaban J connectivity index is 1.80. The zero-order valence-corrected chi connectivity index (χ0v) is 17.7. The number of hydrogen-bond acceptors (Lipinski definition) is 3. The van der Waals surface area contributed by atoms with Crippen molar-refractivity contribution in [1.29, 1.82) is 0 Å². The summed E-state index contributed by atoms with van der Waals surface area (Å²) < 4.78 is 7.65. The standard InChI is InChI=1S/C23H27ClN2O2/c1-15-11-16(5-8-22(15)28-4)23(2,27)14-26-20-7-6-17(24)12-18(20)19-13-25(3)10-9-21(19)26/h5-8,11-12,27H,9-10,13-14H2,1-4H3. The van der Waals surface area contributed by atoms with Crippen LogP contribution in [0.15, 0.2) is 36.4 Å². The number of likely N-dealkylation sites (N-methyl/N-ethyl adjacent to an activating group) is 1. The van der Waals surface area contributed by atoms with Crippen LogP contribution in [0, 0.1) is 6.92 Å². The number of aryl methyl sites for hydroxylation is 1. The molecular weight excluding hydrogens is 372 g/mol. The van der Waals surface area contributed by atoms with Crippen molar-refractivity contribution < 1.29 is 9.84 Å². The Morgan fingerprint density at radius 3 is 2.71 bits per heavy atom. The highest BCUT2D eigenvalue weighted by atomic mass is 35.5. The van der Waals surface area contributed by atoms with Crippen LogP contribution in [0.4, 0.5) is 0 Å². The molecule has 0 saturated carbocycles. The molecule has 1 aliphatic heterocycles. The van der Waals surface area contributed by atoms with Gasteiger partial charge in [-0.25, -0.2) is 0 Å². The van der Waals surface area contributed by atoms with Crippen LogP contribution in [0.5, 0.6) is 5.75 Å². The summed E-state index contributed by atoms with van der Waals surface area (Å²) in [7, 11) is 3.81. The number of ether oxygens (including phenoxy) is 1. The predicted molar refractivity (Wildman–Crippen MR) is 114 cm³/mol. The Morgan fingerprint density at radius 1 is 1.21 bits per heavy atom. The molecule has 1 aliphatic rings. The van der Waals surface area contributed by atoms with Gasteiger partial charge in [-0.1, -0.05) is 17.7 Å². The SMILES string of the molecule is COc1ccc(C(C)(O)Cn2c3c(c4cc(Cl)ccc42)CN(C)CC3)cc1C. The Labute approximate surface area is 171 Å². The zero-order chi connectivity index (χ0) is 20.1. The first-order chi connectivity index (χ1) is 13.3. The average Bonchev–Trinajstić information content (AvgIpc) is 2.93. The monoisotopic (exact) mass is 398 g/mol. The molecule has 0 radical (unpaired) electrons. The molecule has 0 fully saturated rings. The van der Waals surface area contributed by atoms with E-state index < -0.39 is 5.60 Å². The van der Waals surface area contributed by atoms with Gasteiger partial charge in [-0.05, 0) is 67.9 Å². The van der Waals surface area contributed by atoms with Gasteiger partial charge in [0.2, 0.25) is 0 Å². The number of fused-ring (bicyclic) bond motifs is 3. The maximum atomic E-state index is 11.4. The van der Waals surface area contributed by atoms with Crippen LogP contribution >= 0.6 is 11.6 Å². The van der Waals surface area contributed by atoms with Crippen LogP contribution in [0.2, 0.25) is 5.02 Å². The Bertz CT molecular complexity index is 1040. The summed E-state index contributed by atoms with van der Waals surface area (Å²) in [6.07, 6.45) is 0.968. The number of methoxy groups -OCH3 is 1. The second-order valence-corrected chi connectivity index (χ2v) is 8.56. The van der Waals surface area contributed by atoms with Gasteiger partial charge in [-0.3, -0.25) is 0 Å². The molecular formula is C23H27ClN2O2. The molecule has 4 rings (SSSR count). The number of aromatic nitrogens is 1. The van der Waals surface area contributed by atoms with E-state index in [-0.39, 0.29) is 0 Å². The van der Waals surface area contributed by atoms with Crippen LogP contribution in [0.25, 0.3) is 10.9 Å². The van der Waals surface area contributed by atoms with E-state index in [0.29, 0.717) is 6.54 Å². The lowest BCUT2D eigenvalue weighted by molar-refractivity contribution is 0.0384. The highest BCUT2D eigenvalue weighted by Crippen LogP contribution is 2.35. The number of halogens is 1. The molecule has 148 valence electrons. The van der Waals surface area contributed by atoms with E-state index in [1.54, 1.807) is 7.11 Å². The van der Waals surface area contributed by atoms with E-state index in [1.807, 2.05) is 38.1 Å². The van der Waals surface area contributed by atoms with E-state index in [0.717, 1.165) is 46.9 Å². The summed E-state index contributed by atoms with van der Waals surface area (Å²) in [6.45, 7) is 6.31. The third kappa shape index (κ3) is 3.30. The van der Waals surface area contributed by atoms with Gasteiger partial charge in [-0.15, -0.1) is 0 Å². The summed E-state index contributed by atoms with van der Waals surface area (Å²) in [6, 6.07) is 12.0. The summed E-state index contributed by atoms with van der Waals surface area (Å²) >= 11 is 6.30. The molecule has 0 spiro atoms. The van der Waals surface area contributed by atoms with Gasteiger partial charge in [0, 0.05) is 41.1 Å². The van der Waals surface area contributed by atoms with Crippen LogP contribution in [0.1, 0.15) is 29.3 Å². The number of rotatable bonds is 4. The fraction of sp³-hybridized carbons (Fsp3) is 0.391. The van der Waals surface area contributed by atoms with Crippen molar-refractivity contribution in [2.24, 2.45) is 0 Å². The molecule has 3 aromatic rings. The summed E-state index contributed by atoms with van der Waals surface area (Å²) in [5, 5.41) is 13.4. The quantitative estimate of drug-likeness (QED) is 0.702. The maximum absolute atomic E-state index is 11.4. The van der Waals surface area contributed by atoms with Gasteiger partial charge in [-0.2, -0.15) is 0 Å². The Hall–Kier alpha value is -2.01. The van der Waals surface area contributed by atoms with E-state index >= 15 is 0 Å². The van der Waals surface area contributed by atoms with Crippen molar-refractivity contribution in [3.05, 3.63) is 63.8 Å². The normalized spacial score (nSPS) is 16.8. The molecule has 2 heterocycles. The summed E-state index contributed by atoms with van der Waals surface area (Å²) in [5.41, 5.74) is 4.68. The fourth-order valence-corrected chi connectivity index (χ4v) is 4.52. The van der Waals surface area contributed by atoms with Gasteiger partial charge in [0.05, 0.1) is 13.7 Å². The second kappa shape index (κ2) is 7.11. The van der Waals surface area contributed by atoms with Gasteiger partial charge < -0.3 is 19.3 Å². The Kier molecular flexibility index (Phi) is 4.90. The van der Waals surface area contributed by atoms with Crippen molar-refractivity contribution >= 4 is 22.5 Å². The van der Waals surface area contributed by atoms with Gasteiger partial charge in [0.1, 0.15) is 11.4 Å². The minimum absolute atomic E-state index is 0.496. The molecule has 1 N–H and O–H groups in total. The number of benzene rings is 2. The highest BCUT2D eigenvalue weighted by molar-refractivity contribution is 6.31. The lowest BCUT2D eigenvalue weighted by Crippen LogP contribution is -2.31. The molecule has 1 atom stereocenters. The van der Waals surface area contributed by atoms with E-state index in [1.165, 1.54) is 16.6 Å². The largest absolute Gasteiger partial charge is 0.496 e. The van der Waals surface area contributed by atoms with E-state index in [9.17, 15) is 5.11 Å². The first-order valence-corrected chi connectivity index (χ1v) is 10.0. The van der Waals surface area contributed by atoms with E-state index in [2.05, 4.69) is 28.6 Å². The minimum Gasteiger partial charge on any atom is -0.496 e.